The zero-order valence-electron chi connectivity index (χ0n) is 16.6. The zero-order chi connectivity index (χ0) is 23.4. The summed E-state index contributed by atoms with van der Waals surface area (Å²) in [5, 5.41) is -0.343. The van der Waals surface area contributed by atoms with Crippen LogP contribution in [0, 0.1) is 0 Å². The van der Waals surface area contributed by atoms with Crippen LogP contribution in [0.1, 0.15) is 22.8 Å². The number of ether oxygens (including phenoxy) is 2. The molecule has 0 spiro atoms. The van der Waals surface area contributed by atoms with Gasteiger partial charge in [-0.2, -0.15) is 0 Å². The lowest BCUT2D eigenvalue weighted by molar-refractivity contribution is -0.127. The maximum Gasteiger partial charge on any atom is 0.345 e. The number of rotatable bonds is 7. The summed E-state index contributed by atoms with van der Waals surface area (Å²) in [5.74, 6) is -1.71. The van der Waals surface area contributed by atoms with E-state index in [4.69, 9.17) is 26.8 Å². The highest BCUT2D eigenvalue weighted by Crippen LogP contribution is 2.40. The molecule has 0 atom stereocenters. The van der Waals surface area contributed by atoms with Crippen molar-refractivity contribution in [3.8, 4) is 11.5 Å². The Balaban J connectivity index is 1.92. The van der Waals surface area contributed by atoms with Crippen molar-refractivity contribution in [2.75, 3.05) is 13.2 Å². The molecule has 0 unspecified atom stereocenters. The molecule has 2 N–H and O–H groups in total. The third kappa shape index (κ3) is 5.32. The lowest BCUT2D eigenvalue weighted by atomic mass is 10.1. The van der Waals surface area contributed by atoms with Crippen LogP contribution in [-0.2, 0) is 9.59 Å². The fourth-order valence-electron chi connectivity index (χ4n) is 2.75. The van der Waals surface area contributed by atoms with Crippen LogP contribution < -0.4 is 15.2 Å². The van der Waals surface area contributed by atoms with Gasteiger partial charge in [0, 0.05) is 0 Å². The Morgan fingerprint density at radius 1 is 1.25 bits per heavy atom. The first-order valence-corrected chi connectivity index (χ1v) is 11.2. The van der Waals surface area contributed by atoms with Gasteiger partial charge in [-0.05, 0) is 70.5 Å². The third-order valence-corrected chi connectivity index (χ3v) is 5.93. The van der Waals surface area contributed by atoms with Crippen LogP contribution in [0.15, 0.2) is 45.8 Å². The molecule has 1 saturated heterocycles. The molecule has 1 fully saturated rings. The molecule has 166 valence electrons. The lowest BCUT2D eigenvalue weighted by Gasteiger charge is -2.14. The molecule has 0 radical (unpaired) electrons. The smallest absolute Gasteiger partial charge is 0.345 e. The predicted octanol–water partition coefficient (Wildman–Crippen LogP) is 4.24. The SMILES string of the molecule is CCOc1cc(/C=C2\SC(=O)N(CC(N)=O)C2=O)cc(Br)c1OC(=O)c1ccccc1Cl. The van der Waals surface area contributed by atoms with Gasteiger partial charge < -0.3 is 15.2 Å². The van der Waals surface area contributed by atoms with Crippen molar-refractivity contribution < 1.29 is 28.7 Å². The van der Waals surface area contributed by atoms with Gasteiger partial charge in [0.05, 0.1) is 26.6 Å². The Hall–Kier alpha value is -2.82. The van der Waals surface area contributed by atoms with Crippen molar-refractivity contribution in [3.05, 3.63) is 61.9 Å². The number of benzene rings is 2. The van der Waals surface area contributed by atoms with E-state index in [0.717, 1.165) is 4.90 Å². The van der Waals surface area contributed by atoms with Crippen molar-refractivity contribution in [1.82, 2.24) is 4.90 Å². The number of carbonyl (C=O) groups is 4. The molecule has 1 heterocycles. The summed E-state index contributed by atoms with van der Waals surface area (Å²) in [6, 6.07) is 9.63. The number of thioether (sulfide) groups is 1. The predicted molar refractivity (Wildman–Crippen MR) is 124 cm³/mol. The fraction of sp³-hybridized carbons (Fsp3) is 0.143. The third-order valence-electron chi connectivity index (χ3n) is 4.11. The highest BCUT2D eigenvalue weighted by atomic mass is 79.9. The van der Waals surface area contributed by atoms with E-state index in [9.17, 15) is 19.2 Å². The number of hydrogen-bond acceptors (Lipinski definition) is 7. The quantitative estimate of drug-likeness (QED) is 0.318. The average molecular weight is 540 g/mol. The molecule has 0 aliphatic carbocycles. The highest BCUT2D eigenvalue weighted by molar-refractivity contribution is 9.10. The Kier molecular flexibility index (Phi) is 7.60. The van der Waals surface area contributed by atoms with Crippen molar-refractivity contribution >= 4 is 68.4 Å². The summed E-state index contributed by atoms with van der Waals surface area (Å²) < 4.78 is 11.5. The van der Waals surface area contributed by atoms with Crippen LogP contribution in [-0.4, -0.2) is 41.1 Å². The van der Waals surface area contributed by atoms with E-state index in [1.807, 2.05) is 0 Å². The van der Waals surface area contributed by atoms with Crippen LogP contribution >= 0.6 is 39.3 Å². The number of esters is 1. The second-order valence-corrected chi connectivity index (χ2v) is 8.62. The highest BCUT2D eigenvalue weighted by Gasteiger charge is 2.36. The number of carbonyl (C=O) groups excluding carboxylic acids is 4. The van der Waals surface area contributed by atoms with Gasteiger partial charge in [0.15, 0.2) is 11.5 Å². The molecular formula is C21H16BrClN2O6S. The van der Waals surface area contributed by atoms with Crippen molar-refractivity contribution in [2.24, 2.45) is 5.73 Å². The second-order valence-electron chi connectivity index (χ2n) is 6.37. The van der Waals surface area contributed by atoms with E-state index < -0.39 is 29.6 Å². The zero-order valence-corrected chi connectivity index (χ0v) is 19.8. The molecule has 2 aromatic carbocycles. The van der Waals surface area contributed by atoms with Gasteiger partial charge in [-0.3, -0.25) is 19.3 Å². The Bertz CT molecular complexity index is 1150. The maximum atomic E-state index is 12.6. The van der Waals surface area contributed by atoms with Gasteiger partial charge in [0.1, 0.15) is 6.54 Å². The molecule has 32 heavy (non-hydrogen) atoms. The number of amides is 3. The summed E-state index contributed by atoms with van der Waals surface area (Å²) in [5.41, 5.74) is 5.78. The van der Waals surface area contributed by atoms with Gasteiger partial charge >= 0.3 is 5.97 Å². The number of nitrogens with zero attached hydrogens (tertiary/aromatic N) is 1. The van der Waals surface area contributed by atoms with Crippen LogP contribution in [0.2, 0.25) is 5.02 Å². The molecule has 2 aromatic rings. The number of nitrogens with two attached hydrogens (primary N) is 1. The van der Waals surface area contributed by atoms with E-state index in [0.29, 0.717) is 21.8 Å². The molecule has 0 saturated carbocycles. The number of hydrogen-bond donors (Lipinski definition) is 1. The van der Waals surface area contributed by atoms with Gasteiger partial charge in [-0.15, -0.1) is 0 Å². The van der Waals surface area contributed by atoms with Crippen molar-refractivity contribution in [1.29, 1.82) is 0 Å². The molecule has 0 bridgehead atoms. The monoisotopic (exact) mass is 538 g/mol. The van der Waals surface area contributed by atoms with Crippen molar-refractivity contribution in [3.63, 3.8) is 0 Å². The molecule has 8 nitrogen and oxygen atoms in total. The standard InChI is InChI=1S/C21H16BrClN2O6S/c1-2-30-15-8-11(9-16-19(27)25(10-17(24)26)21(29)32-16)7-13(22)18(15)31-20(28)12-5-3-4-6-14(12)23/h3-9H,2,10H2,1H3,(H2,24,26)/b16-9-. The van der Waals surface area contributed by atoms with E-state index in [2.05, 4.69) is 15.9 Å². The average Bonchev–Trinajstić information content (AvgIpc) is 2.98. The summed E-state index contributed by atoms with van der Waals surface area (Å²) >= 11 is 10.1. The fourth-order valence-corrected chi connectivity index (χ4v) is 4.34. The lowest BCUT2D eigenvalue weighted by Crippen LogP contribution is -2.36. The Morgan fingerprint density at radius 3 is 2.62 bits per heavy atom. The minimum Gasteiger partial charge on any atom is -0.490 e. The first-order valence-electron chi connectivity index (χ1n) is 9.18. The molecule has 1 aliphatic rings. The molecular weight excluding hydrogens is 524 g/mol. The minimum absolute atomic E-state index is 0.117. The van der Waals surface area contributed by atoms with E-state index in [1.165, 1.54) is 12.1 Å². The van der Waals surface area contributed by atoms with E-state index >= 15 is 0 Å². The first-order chi connectivity index (χ1) is 15.2. The topological polar surface area (TPSA) is 116 Å². The number of halogens is 2. The molecule has 3 rings (SSSR count). The van der Waals surface area contributed by atoms with Crippen molar-refractivity contribution in [2.45, 2.75) is 6.92 Å². The number of primary amides is 1. The molecule has 0 aromatic heterocycles. The summed E-state index contributed by atoms with van der Waals surface area (Å²) in [7, 11) is 0. The molecule has 1 aliphatic heterocycles. The van der Waals surface area contributed by atoms with E-state index in [1.54, 1.807) is 37.3 Å². The van der Waals surface area contributed by atoms with E-state index in [-0.39, 0.29) is 33.6 Å². The largest absolute Gasteiger partial charge is 0.490 e. The van der Waals surface area contributed by atoms with Gasteiger partial charge in [0.2, 0.25) is 5.91 Å². The van der Waals surface area contributed by atoms with Gasteiger partial charge in [0.25, 0.3) is 11.1 Å². The van der Waals surface area contributed by atoms with Crippen LogP contribution in [0.4, 0.5) is 4.79 Å². The summed E-state index contributed by atoms with van der Waals surface area (Å²) in [6.07, 6.45) is 1.47. The first kappa shape index (κ1) is 23.8. The maximum absolute atomic E-state index is 12.6. The Labute approximate surface area is 200 Å². The number of imide groups is 1. The van der Waals surface area contributed by atoms with Gasteiger partial charge in [-0.1, -0.05) is 23.7 Å². The van der Waals surface area contributed by atoms with Gasteiger partial charge in [-0.25, -0.2) is 4.79 Å². The molecule has 11 heteroatoms. The summed E-state index contributed by atoms with van der Waals surface area (Å²) in [6.45, 7) is 1.55. The second kappa shape index (κ2) is 10.2. The molecule has 3 amide bonds. The Morgan fingerprint density at radius 2 is 1.97 bits per heavy atom. The normalized spacial score (nSPS) is 14.7. The summed E-state index contributed by atoms with van der Waals surface area (Å²) in [4.78, 5) is 49.0. The minimum atomic E-state index is -0.792. The van der Waals surface area contributed by atoms with Crippen LogP contribution in [0.3, 0.4) is 0 Å². The van der Waals surface area contributed by atoms with Crippen LogP contribution in [0.25, 0.3) is 6.08 Å². The van der Waals surface area contributed by atoms with Crippen LogP contribution in [0.5, 0.6) is 11.5 Å².